The van der Waals surface area contributed by atoms with Crippen LogP contribution >= 0.6 is 0 Å². The van der Waals surface area contributed by atoms with Gasteiger partial charge in [-0.25, -0.2) is 0 Å². The van der Waals surface area contributed by atoms with Crippen LogP contribution in [0.5, 0.6) is 17.2 Å². The number of phenolic OH excluding ortho intramolecular Hbond substituents is 2. The zero-order valence-corrected chi connectivity index (χ0v) is 29.1. The van der Waals surface area contributed by atoms with Crippen molar-refractivity contribution < 1.29 is 25.2 Å². The van der Waals surface area contributed by atoms with E-state index >= 15 is 0 Å². The molecule has 8 rings (SSSR count). The third-order valence-corrected chi connectivity index (χ3v) is 10.8. The van der Waals surface area contributed by atoms with E-state index < -0.39 is 30.0 Å². The highest BCUT2D eigenvalue weighted by molar-refractivity contribution is 6.38. The lowest BCUT2D eigenvalue weighted by Crippen LogP contribution is -2.15. The van der Waals surface area contributed by atoms with Gasteiger partial charge in [0.25, 0.3) is 0 Å². The van der Waals surface area contributed by atoms with Gasteiger partial charge in [0, 0.05) is 33.5 Å². The number of hydrogen-bond donors (Lipinski definition) is 4. The van der Waals surface area contributed by atoms with E-state index in [1.165, 1.54) is 19.2 Å². The summed E-state index contributed by atoms with van der Waals surface area (Å²) in [6.07, 6.45) is 2.99. The van der Waals surface area contributed by atoms with Gasteiger partial charge in [-0.3, -0.25) is 14.6 Å². The summed E-state index contributed by atoms with van der Waals surface area (Å²) in [7, 11) is 1.45. The third kappa shape index (κ3) is 4.86. The Bertz CT molecular complexity index is 2740. The van der Waals surface area contributed by atoms with Crippen molar-refractivity contribution in [3.05, 3.63) is 138 Å². The van der Waals surface area contributed by atoms with Crippen LogP contribution in [0.15, 0.2) is 93.0 Å². The molecule has 52 heavy (non-hydrogen) atoms. The minimum atomic E-state index is -0.550. The van der Waals surface area contributed by atoms with Crippen LogP contribution in [0.25, 0.3) is 49.2 Å². The van der Waals surface area contributed by atoms with Crippen molar-refractivity contribution in [2.75, 3.05) is 7.11 Å². The first-order valence-electron chi connectivity index (χ1n) is 17.3. The Labute approximate surface area is 298 Å². The summed E-state index contributed by atoms with van der Waals surface area (Å²) in [6.45, 7) is 3.28. The molecular weight excluding hydrogens is 654 g/mol. The first-order valence-corrected chi connectivity index (χ1v) is 17.3. The van der Waals surface area contributed by atoms with E-state index in [-0.39, 0.29) is 39.1 Å². The summed E-state index contributed by atoms with van der Waals surface area (Å²) in [5.74, 6) is -0.919. The molecule has 0 bridgehead atoms. The fourth-order valence-electron chi connectivity index (χ4n) is 8.56. The molecule has 0 amide bonds. The van der Waals surface area contributed by atoms with Crippen molar-refractivity contribution in [1.82, 2.24) is 0 Å². The minimum Gasteiger partial charge on any atom is -0.507 e. The zero-order valence-electron chi connectivity index (χ0n) is 29.1. The summed E-state index contributed by atoms with van der Waals surface area (Å²) < 4.78 is 6.01. The van der Waals surface area contributed by atoms with Crippen LogP contribution in [0, 0.1) is 0 Å². The van der Waals surface area contributed by atoms with Gasteiger partial charge >= 0.3 is 0 Å². The summed E-state index contributed by atoms with van der Waals surface area (Å²) in [5, 5.41) is 48.7. The number of methoxy groups -OCH3 is 1. The number of aliphatic hydroxyl groups is 2. The second kappa shape index (κ2) is 12.7. The van der Waals surface area contributed by atoms with Crippen molar-refractivity contribution in [3.8, 4) is 17.2 Å². The number of aliphatic imine (C=N–C) groups is 1. The lowest BCUT2D eigenvalue weighted by Gasteiger charge is -2.26. The van der Waals surface area contributed by atoms with Gasteiger partial charge < -0.3 is 25.2 Å². The van der Waals surface area contributed by atoms with Gasteiger partial charge in [-0.05, 0) is 88.2 Å². The summed E-state index contributed by atoms with van der Waals surface area (Å²) in [6, 6.07) is 22.4. The van der Waals surface area contributed by atoms with Crippen LogP contribution in [0.4, 0.5) is 0 Å². The summed E-state index contributed by atoms with van der Waals surface area (Å²) in [4.78, 5) is 33.1. The molecule has 1 aliphatic rings. The van der Waals surface area contributed by atoms with Crippen molar-refractivity contribution in [2.24, 2.45) is 4.99 Å². The second-order valence-electron chi connectivity index (χ2n) is 13.7. The van der Waals surface area contributed by atoms with Crippen molar-refractivity contribution in [2.45, 2.75) is 52.4 Å². The first-order chi connectivity index (χ1) is 25.2. The van der Waals surface area contributed by atoms with Crippen molar-refractivity contribution in [3.63, 3.8) is 0 Å². The number of rotatable bonds is 9. The van der Waals surface area contributed by atoms with E-state index in [1.54, 1.807) is 0 Å². The minimum absolute atomic E-state index is 0.0127. The van der Waals surface area contributed by atoms with Crippen LogP contribution in [-0.4, -0.2) is 33.2 Å². The molecule has 0 aromatic heterocycles. The van der Waals surface area contributed by atoms with Crippen LogP contribution < -0.4 is 15.6 Å². The Kier molecular flexibility index (Phi) is 8.16. The molecule has 0 spiro atoms. The number of benzene rings is 7. The number of fused-ring (bicyclic) bond motifs is 1. The summed E-state index contributed by atoms with van der Waals surface area (Å²) >= 11 is 0. The van der Waals surface area contributed by atoms with Crippen LogP contribution in [0.2, 0.25) is 0 Å². The number of allylic oxidation sites excluding steroid dienone is 1. The van der Waals surface area contributed by atoms with Crippen LogP contribution in [0.3, 0.4) is 0 Å². The highest BCUT2D eigenvalue weighted by atomic mass is 16.5. The highest BCUT2D eigenvalue weighted by Gasteiger charge is 2.36. The molecule has 0 saturated heterocycles. The standard InChI is InChI=1S/C44H37NO7/c1-22-16-29-28(15-14-24-10-6-4-7-11-24)42(50)36-30(48)17-26(20-46)33-34-27(21-47)18-31(49)37-39(34)40(35(29)38(33)36)41(44(52-3)43(37)51)32(22)23(2)45-19-25-12-8-5-9-13-25/h4-13,16-18,32,46-47,50-51H,14-15,19-21H2,1-3H3. The first kappa shape index (κ1) is 33.3. The molecule has 8 nitrogen and oxygen atoms in total. The lowest BCUT2D eigenvalue weighted by molar-refractivity contribution is 0.282. The number of ether oxygens (including phenoxy) is 1. The number of aromatic hydroxyl groups is 2. The van der Waals surface area contributed by atoms with Gasteiger partial charge in [-0.2, -0.15) is 0 Å². The van der Waals surface area contributed by atoms with Crippen LogP contribution in [0.1, 0.15) is 58.7 Å². The normalized spacial score (nSPS) is 14.6. The number of aliphatic hydroxyl groups excluding tert-OH is 2. The number of aryl methyl sites for hydroxylation is 1. The van der Waals surface area contributed by atoms with Gasteiger partial charge in [0.1, 0.15) is 5.75 Å². The van der Waals surface area contributed by atoms with E-state index in [4.69, 9.17) is 9.73 Å². The maximum Gasteiger partial charge on any atom is 0.190 e. The van der Waals surface area contributed by atoms with Gasteiger partial charge in [-0.1, -0.05) is 72.3 Å². The van der Waals surface area contributed by atoms with E-state index in [9.17, 15) is 30.0 Å². The predicted octanol–water partition coefficient (Wildman–Crippen LogP) is 7.25. The summed E-state index contributed by atoms with van der Waals surface area (Å²) in [5.41, 5.74) is 5.07. The molecule has 1 atom stereocenters. The van der Waals surface area contributed by atoms with Crippen molar-refractivity contribution in [1.29, 1.82) is 0 Å². The smallest absolute Gasteiger partial charge is 0.190 e. The van der Waals surface area contributed by atoms with Crippen molar-refractivity contribution >= 4 is 54.9 Å². The van der Waals surface area contributed by atoms with Gasteiger partial charge in [0.05, 0.1) is 37.6 Å². The largest absolute Gasteiger partial charge is 0.507 e. The molecule has 7 aromatic carbocycles. The van der Waals surface area contributed by atoms with E-state index in [2.05, 4.69) is 0 Å². The molecule has 4 N–H and O–H groups in total. The molecule has 0 saturated carbocycles. The Morgan fingerprint density at radius 3 is 1.85 bits per heavy atom. The Hall–Kier alpha value is -5.83. The van der Waals surface area contributed by atoms with Gasteiger partial charge in [-0.15, -0.1) is 0 Å². The van der Waals surface area contributed by atoms with E-state index in [0.29, 0.717) is 68.4 Å². The van der Waals surface area contributed by atoms with Gasteiger partial charge in [0.15, 0.2) is 22.4 Å². The molecule has 260 valence electrons. The molecule has 1 aliphatic carbocycles. The SMILES string of the molecule is COc1c(O)c2c(=O)cc(CO)c3c4c(CO)cc(=O)c5c(O)c(CCc6ccccc6)c6c(c(c1C(C(C)=NCc1ccccc1)C(C)=C6)c23)c54. The third-order valence-electron chi connectivity index (χ3n) is 10.8. The maximum atomic E-state index is 14.1. The molecule has 1 unspecified atom stereocenters. The molecule has 7 aromatic rings. The molecular formula is C44H37NO7. The quantitative estimate of drug-likeness (QED) is 0.0712. The lowest BCUT2D eigenvalue weighted by atomic mass is 9.78. The molecule has 0 radical (unpaired) electrons. The number of hydrogen-bond acceptors (Lipinski definition) is 8. The highest BCUT2D eigenvalue weighted by Crippen LogP contribution is 2.56. The molecule has 0 heterocycles. The number of phenols is 2. The van der Waals surface area contributed by atoms with E-state index in [1.807, 2.05) is 80.6 Å². The fourth-order valence-corrected chi connectivity index (χ4v) is 8.56. The average Bonchev–Trinajstić information content (AvgIpc) is 3.28. The monoisotopic (exact) mass is 691 g/mol. The Morgan fingerprint density at radius 1 is 0.712 bits per heavy atom. The fraction of sp³-hybridized carbons (Fsp3) is 0.205. The Morgan fingerprint density at radius 2 is 1.27 bits per heavy atom. The zero-order chi connectivity index (χ0) is 36.4. The molecule has 0 aliphatic heterocycles. The van der Waals surface area contributed by atoms with Gasteiger partial charge in [0.2, 0.25) is 0 Å². The van der Waals surface area contributed by atoms with E-state index in [0.717, 1.165) is 22.4 Å². The molecule has 0 fully saturated rings. The Balaban J connectivity index is 1.62. The average molecular weight is 692 g/mol. The number of nitrogens with zero attached hydrogens (tertiary/aromatic N) is 1. The topological polar surface area (TPSA) is 137 Å². The molecule has 8 heteroatoms. The maximum absolute atomic E-state index is 14.1. The predicted molar refractivity (Wildman–Crippen MR) is 207 cm³/mol. The van der Waals surface area contributed by atoms with Crippen LogP contribution in [-0.2, 0) is 32.6 Å². The second-order valence-corrected chi connectivity index (χ2v) is 13.7.